The Labute approximate surface area is 247 Å². The Balaban J connectivity index is 1.48. The van der Waals surface area contributed by atoms with E-state index in [0.717, 1.165) is 0 Å². The first-order valence-corrected chi connectivity index (χ1v) is 21.1. The Morgan fingerprint density at radius 2 is 0.585 bits per heavy atom. The molecule has 41 heavy (non-hydrogen) atoms. The summed E-state index contributed by atoms with van der Waals surface area (Å²) < 4.78 is 3.26. The van der Waals surface area contributed by atoms with Crippen molar-refractivity contribution < 1.29 is 20.3 Å². The molecule has 0 aliphatic heterocycles. The van der Waals surface area contributed by atoms with Crippen molar-refractivity contribution in [1.29, 1.82) is 0 Å². The molecule has 6 aromatic rings. The van der Waals surface area contributed by atoms with Crippen LogP contribution in [0.25, 0.3) is 22.3 Å². The van der Waals surface area contributed by atoms with Gasteiger partial charge in [0.1, 0.15) is 0 Å². The van der Waals surface area contributed by atoms with Crippen LogP contribution in [0.3, 0.4) is 0 Å². The van der Waals surface area contributed by atoms with Gasteiger partial charge in [0.05, 0.1) is 0 Å². The number of hydrogen-bond acceptors (Lipinski definition) is 0. The molecule has 0 heterocycles. The summed E-state index contributed by atoms with van der Waals surface area (Å²) in [6, 6.07) is 60.1. The summed E-state index contributed by atoms with van der Waals surface area (Å²) in [6.07, 6.45) is 0. The van der Waals surface area contributed by atoms with E-state index in [4.69, 9.17) is 0 Å². The molecule has 0 aromatic heterocycles. The molecular formula is C40H32Zr. The summed E-state index contributed by atoms with van der Waals surface area (Å²) in [6.45, 7) is 0. The van der Waals surface area contributed by atoms with Gasteiger partial charge in [-0.05, 0) is 0 Å². The predicted octanol–water partition coefficient (Wildman–Crippen LogP) is 10.1. The summed E-state index contributed by atoms with van der Waals surface area (Å²) in [7, 11) is 0. The molecule has 0 fully saturated rings. The third-order valence-electron chi connectivity index (χ3n) is 9.57. The van der Waals surface area contributed by atoms with Crippen molar-refractivity contribution in [2.75, 3.05) is 0 Å². The molecule has 1 heteroatoms. The summed E-state index contributed by atoms with van der Waals surface area (Å²) in [5.74, 6) is 0. The molecule has 2 aliphatic rings. The first-order chi connectivity index (χ1) is 20.3. The molecular weight excluding hydrogens is 572 g/mol. The molecule has 6 aromatic carbocycles. The summed E-state index contributed by atoms with van der Waals surface area (Å²) in [5.41, 5.74) is 15.0. The quantitative estimate of drug-likeness (QED) is 0.178. The summed E-state index contributed by atoms with van der Waals surface area (Å²) in [4.78, 5) is 0. The van der Waals surface area contributed by atoms with Gasteiger partial charge in [-0.3, -0.25) is 0 Å². The van der Waals surface area contributed by atoms with Crippen LogP contribution in [0.15, 0.2) is 158 Å². The monoisotopic (exact) mass is 602 g/mol. The Bertz CT molecular complexity index is 1620. The van der Waals surface area contributed by atoms with Crippen LogP contribution in [-0.2, 0) is 28.5 Å². The van der Waals surface area contributed by atoms with Gasteiger partial charge in [0.2, 0.25) is 0 Å². The van der Waals surface area contributed by atoms with Gasteiger partial charge in [0, 0.05) is 0 Å². The fourth-order valence-corrected chi connectivity index (χ4v) is 24.7. The van der Waals surface area contributed by atoms with E-state index >= 15 is 0 Å². The molecule has 196 valence electrons. The molecule has 0 nitrogen and oxygen atoms in total. The van der Waals surface area contributed by atoms with E-state index in [1.54, 1.807) is 22.3 Å². The van der Waals surface area contributed by atoms with Crippen LogP contribution >= 0.6 is 0 Å². The average molecular weight is 604 g/mol. The number of benzene rings is 6. The van der Waals surface area contributed by atoms with E-state index in [9.17, 15) is 0 Å². The van der Waals surface area contributed by atoms with E-state index < -0.39 is 20.3 Å². The van der Waals surface area contributed by atoms with Crippen molar-refractivity contribution >= 4 is 0 Å². The van der Waals surface area contributed by atoms with Gasteiger partial charge in [0.15, 0.2) is 0 Å². The van der Waals surface area contributed by atoms with Crippen LogP contribution in [0.2, 0.25) is 0 Å². The van der Waals surface area contributed by atoms with E-state index in [0.29, 0.717) is 7.25 Å². The van der Waals surface area contributed by atoms with E-state index in [1.165, 1.54) is 41.6 Å². The van der Waals surface area contributed by atoms with Crippen LogP contribution < -0.4 is 0 Å². The van der Waals surface area contributed by atoms with Crippen molar-refractivity contribution in [3.8, 4) is 22.3 Å². The van der Waals surface area contributed by atoms with Crippen molar-refractivity contribution in [2.24, 2.45) is 0 Å². The second kappa shape index (κ2) is 10.2. The molecule has 0 bridgehead atoms. The molecule has 0 spiro atoms. The second-order valence-corrected chi connectivity index (χ2v) is 22.4. The standard InChI is InChI=1S/2C13H9.2C7H7.Zr/c2*1-3-7-12-10(5-1)9-11-6-2-4-8-13(11)12;2*1-7-5-3-2-4-6-7;/h2*1-9H;2*2-6H,1H2;. The van der Waals surface area contributed by atoms with Crippen molar-refractivity contribution in [3.63, 3.8) is 0 Å². The normalized spacial score (nSPS) is 13.9. The van der Waals surface area contributed by atoms with Crippen LogP contribution in [0.1, 0.15) is 40.6 Å². The molecule has 0 unspecified atom stereocenters. The van der Waals surface area contributed by atoms with Gasteiger partial charge < -0.3 is 0 Å². The molecule has 8 rings (SSSR count). The molecule has 2 aliphatic carbocycles. The van der Waals surface area contributed by atoms with Gasteiger partial charge in [-0.15, -0.1) is 0 Å². The van der Waals surface area contributed by atoms with Crippen LogP contribution in [0.5, 0.6) is 0 Å². The minimum atomic E-state index is -3.57. The fraction of sp³-hybridized carbons (Fsp3) is 0.100. The maximum atomic E-state index is 2.45. The summed E-state index contributed by atoms with van der Waals surface area (Å²) in [5, 5.41) is 0. The first-order valence-electron chi connectivity index (χ1n) is 14.8. The van der Waals surface area contributed by atoms with Gasteiger partial charge in [-0.25, -0.2) is 0 Å². The van der Waals surface area contributed by atoms with Gasteiger partial charge in [0.25, 0.3) is 0 Å². The van der Waals surface area contributed by atoms with Crippen LogP contribution in [0.4, 0.5) is 0 Å². The van der Waals surface area contributed by atoms with Crippen molar-refractivity contribution in [1.82, 2.24) is 0 Å². The fourth-order valence-electron chi connectivity index (χ4n) is 8.14. The molecule has 0 saturated heterocycles. The minimum absolute atomic E-state index is 0.446. The van der Waals surface area contributed by atoms with Gasteiger partial charge in [-0.1, -0.05) is 0 Å². The molecule has 0 N–H and O–H groups in total. The predicted molar refractivity (Wildman–Crippen MR) is 168 cm³/mol. The SMILES string of the molecule is c1ccc([CH2][Zr]([CH2]c2ccccc2)([CH]2c3ccccc3-c3ccccc32)[CH]2c3ccccc3-c3ccccc32)cc1. The zero-order chi connectivity index (χ0) is 27.2. The van der Waals surface area contributed by atoms with E-state index in [2.05, 4.69) is 158 Å². The zero-order valence-electron chi connectivity index (χ0n) is 23.1. The Morgan fingerprint density at radius 1 is 0.317 bits per heavy atom. The molecule has 0 saturated carbocycles. The Morgan fingerprint density at radius 3 is 0.902 bits per heavy atom. The topological polar surface area (TPSA) is 0 Å². The van der Waals surface area contributed by atoms with Crippen molar-refractivity contribution in [2.45, 2.75) is 15.5 Å². The molecule has 0 radical (unpaired) electrons. The molecule has 0 atom stereocenters. The van der Waals surface area contributed by atoms with Crippen LogP contribution in [0, 0.1) is 0 Å². The van der Waals surface area contributed by atoms with E-state index in [1.807, 2.05) is 0 Å². The van der Waals surface area contributed by atoms with Crippen molar-refractivity contribution in [3.05, 3.63) is 191 Å². The van der Waals surface area contributed by atoms with Crippen LogP contribution in [-0.4, -0.2) is 0 Å². The zero-order valence-corrected chi connectivity index (χ0v) is 25.5. The second-order valence-electron chi connectivity index (χ2n) is 11.8. The molecule has 0 amide bonds. The third kappa shape index (κ3) is 4.05. The Hall–Kier alpha value is -3.80. The maximum absolute atomic E-state index is 3.57. The average Bonchev–Trinajstić information content (AvgIpc) is 3.56. The third-order valence-corrected chi connectivity index (χ3v) is 23.5. The number of fused-ring (bicyclic) bond motifs is 6. The van der Waals surface area contributed by atoms with Gasteiger partial charge in [-0.2, -0.15) is 0 Å². The number of rotatable bonds is 6. The van der Waals surface area contributed by atoms with E-state index in [-0.39, 0.29) is 0 Å². The number of hydrogen-bond donors (Lipinski definition) is 0. The van der Waals surface area contributed by atoms with Gasteiger partial charge >= 0.3 is 249 Å². The summed E-state index contributed by atoms with van der Waals surface area (Å²) >= 11 is -3.57. The first kappa shape index (κ1) is 25.0. The Kier molecular flexibility index (Phi) is 6.23.